The van der Waals surface area contributed by atoms with E-state index in [9.17, 15) is 0 Å². The number of aromatic nitrogens is 5. The Labute approximate surface area is 326 Å². The van der Waals surface area contributed by atoms with E-state index < -0.39 is 0 Å². The number of fused-ring (bicyclic) bond motifs is 7. The van der Waals surface area contributed by atoms with Gasteiger partial charge in [0.15, 0.2) is 17.5 Å². The molecule has 11 rings (SSSR count). The first kappa shape index (κ1) is 32.2. The zero-order valence-corrected chi connectivity index (χ0v) is 30.9. The quantitative estimate of drug-likeness (QED) is 0.171. The van der Waals surface area contributed by atoms with E-state index in [4.69, 9.17) is 19.9 Å². The summed E-state index contributed by atoms with van der Waals surface area (Å²) in [4.78, 5) is 20.7. The highest BCUT2D eigenvalue weighted by Gasteiger charge is 2.23. The molecule has 0 fully saturated rings. The highest BCUT2D eigenvalue weighted by molar-refractivity contribution is 7.27. The molecule has 11 aromatic rings. The van der Waals surface area contributed by atoms with Gasteiger partial charge in [-0.25, -0.2) is 15.0 Å². The third kappa shape index (κ3) is 5.30. The van der Waals surface area contributed by atoms with E-state index in [-0.39, 0.29) is 0 Å². The van der Waals surface area contributed by atoms with Crippen molar-refractivity contribution in [3.63, 3.8) is 0 Å². The standard InChI is InChI=1S/C50H31N5S/c1-5-16-32(17-6-1)35-30-42(50-53-48(33-18-7-2-8-19-33)52-49(54-50)34-20-9-3-10-21-34)44(51-31-35)41-26-15-25-39-40-29-28-38-37-24-13-14-27-43(37)55(36-22-11-4-12-23-36)45(38)47(40)56-46(39)41/h1-31H. The van der Waals surface area contributed by atoms with Crippen LogP contribution in [0.3, 0.4) is 0 Å². The summed E-state index contributed by atoms with van der Waals surface area (Å²) in [6.07, 6.45) is 1.98. The summed E-state index contributed by atoms with van der Waals surface area (Å²) in [5, 5.41) is 4.90. The minimum absolute atomic E-state index is 0.572. The van der Waals surface area contributed by atoms with Crippen LogP contribution in [0.4, 0.5) is 0 Å². The summed E-state index contributed by atoms with van der Waals surface area (Å²) >= 11 is 1.83. The van der Waals surface area contributed by atoms with Crippen LogP contribution in [0.25, 0.3) is 104 Å². The average molecular weight is 734 g/mol. The third-order valence-electron chi connectivity index (χ3n) is 10.5. The van der Waals surface area contributed by atoms with E-state index in [0.717, 1.165) is 44.8 Å². The number of benzene rings is 7. The van der Waals surface area contributed by atoms with Gasteiger partial charge in [0.2, 0.25) is 0 Å². The molecule has 0 radical (unpaired) electrons. The second kappa shape index (κ2) is 13.2. The van der Waals surface area contributed by atoms with Crippen LogP contribution in [0.2, 0.25) is 0 Å². The van der Waals surface area contributed by atoms with Crippen LogP contribution in [0.5, 0.6) is 0 Å². The van der Waals surface area contributed by atoms with E-state index in [0.29, 0.717) is 17.5 Å². The van der Waals surface area contributed by atoms with Crippen LogP contribution in [0.15, 0.2) is 188 Å². The first-order valence-corrected chi connectivity index (χ1v) is 19.5. The van der Waals surface area contributed by atoms with Gasteiger partial charge in [0.1, 0.15) is 0 Å². The van der Waals surface area contributed by atoms with Crippen molar-refractivity contribution in [3.8, 4) is 62.2 Å². The summed E-state index contributed by atoms with van der Waals surface area (Å²) in [5.41, 5.74) is 10.2. The van der Waals surface area contributed by atoms with Gasteiger partial charge in [-0.3, -0.25) is 4.98 Å². The van der Waals surface area contributed by atoms with Crippen LogP contribution >= 0.6 is 11.3 Å². The topological polar surface area (TPSA) is 56.5 Å². The predicted molar refractivity (Wildman–Crippen MR) is 232 cm³/mol. The lowest BCUT2D eigenvalue weighted by Gasteiger charge is -2.14. The summed E-state index contributed by atoms with van der Waals surface area (Å²) in [6.45, 7) is 0. The first-order valence-electron chi connectivity index (χ1n) is 18.6. The Morgan fingerprint density at radius 2 is 0.946 bits per heavy atom. The second-order valence-corrected chi connectivity index (χ2v) is 14.9. The number of rotatable bonds is 6. The summed E-state index contributed by atoms with van der Waals surface area (Å²) in [5.74, 6) is 1.80. The number of hydrogen-bond acceptors (Lipinski definition) is 5. The van der Waals surface area contributed by atoms with Gasteiger partial charge in [-0.2, -0.15) is 0 Å². The molecule has 7 aromatic carbocycles. The van der Waals surface area contributed by atoms with E-state index in [1.807, 2.05) is 84.3 Å². The van der Waals surface area contributed by atoms with E-state index in [2.05, 4.69) is 120 Å². The molecule has 0 aliphatic carbocycles. The van der Waals surface area contributed by atoms with Crippen molar-refractivity contribution < 1.29 is 0 Å². The smallest absolute Gasteiger partial charge is 0.166 e. The van der Waals surface area contributed by atoms with Gasteiger partial charge in [0, 0.05) is 65.9 Å². The number of thiophene rings is 1. The van der Waals surface area contributed by atoms with Crippen molar-refractivity contribution in [1.82, 2.24) is 24.5 Å². The molecule has 4 heterocycles. The highest BCUT2D eigenvalue weighted by atomic mass is 32.1. The fourth-order valence-corrected chi connectivity index (χ4v) is 9.26. The zero-order valence-electron chi connectivity index (χ0n) is 30.0. The molecule has 4 aromatic heterocycles. The normalized spacial score (nSPS) is 11.6. The molecule has 0 bridgehead atoms. The van der Waals surface area contributed by atoms with E-state index in [1.54, 1.807) is 0 Å². The molecule has 56 heavy (non-hydrogen) atoms. The van der Waals surface area contributed by atoms with Crippen molar-refractivity contribution in [2.45, 2.75) is 0 Å². The first-order chi connectivity index (χ1) is 27.8. The van der Waals surface area contributed by atoms with Gasteiger partial charge in [0.25, 0.3) is 0 Å². The maximum atomic E-state index is 5.29. The minimum atomic E-state index is 0.572. The van der Waals surface area contributed by atoms with E-state index in [1.165, 1.54) is 42.0 Å². The summed E-state index contributed by atoms with van der Waals surface area (Å²) < 4.78 is 4.83. The maximum absolute atomic E-state index is 5.29. The lowest BCUT2D eigenvalue weighted by molar-refractivity contribution is 1.07. The Hall–Kier alpha value is -7.28. The Bertz CT molecular complexity index is 3170. The molecule has 6 heteroatoms. The Morgan fingerprint density at radius 1 is 0.393 bits per heavy atom. The van der Waals surface area contributed by atoms with Gasteiger partial charge < -0.3 is 4.57 Å². The number of hydrogen-bond donors (Lipinski definition) is 0. The average Bonchev–Trinajstić information content (AvgIpc) is 3.84. The molecule has 0 aliphatic heterocycles. The largest absolute Gasteiger partial charge is 0.308 e. The number of pyridine rings is 1. The van der Waals surface area contributed by atoms with Gasteiger partial charge >= 0.3 is 0 Å². The zero-order chi connectivity index (χ0) is 37.0. The molecular formula is C50H31N5S. The van der Waals surface area contributed by atoms with Crippen LogP contribution in [0.1, 0.15) is 0 Å². The molecule has 0 aliphatic rings. The minimum Gasteiger partial charge on any atom is -0.308 e. The lowest BCUT2D eigenvalue weighted by Crippen LogP contribution is -2.02. The molecule has 0 amide bonds. The molecule has 0 atom stereocenters. The predicted octanol–water partition coefficient (Wildman–Crippen LogP) is 13.1. The fraction of sp³-hybridized carbons (Fsp3) is 0. The van der Waals surface area contributed by atoms with Gasteiger partial charge in [0.05, 0.1) is 21.4 Å². The summed E-state index contributed by atoms with van der Waals surface area (Å²) in [7, 11) is 0. The Morgan fingerprint density at radius 3 is 1.64 bits per heavy atom. The number of para-hydroxylation sites is 2. The molecule has 5 nitrogen and oxygen atoms in total. The van der Waals surface area contributed by atoms with Crippen molar-refractivity contribution in [2.24, 2.45) is 0 Å². The van der Waals surface area contributed by atoms with Crippen LogP contribution in [-0.2, 0) is 0 Å². The van der Waals surface area contributed by atoms with Crippen LogP contribution in [-0.4, -0.2) is 24.5 Å². The molecule has 262 valence electrons. The van der Waals surface area contributed by atoms with Crippen molar-refractivity contribution >= 4 is 53.3 Å². The van der Waals surface area contributed by atoms with Crippen molar-refractivity contribution in [2.75, 3.05) is 0 Å². The maximum Gasteiger partial charge on any atom is 0.166 e. The fourth-order valence-electron chi connectivity index (χ4n) is 7.90. The van der Waals surface area contributed by atoms with Gasteiger partial charge in [-0.15, -0.1) is 11.3 Å². The molecule has 0 saturated heterocycles. The van der Waals surface area contributed by atoms with Crippen molar-refractivity contribution in [1.29, 1.82) is 0 Å². The lowest BCUT2D eigenvalue weighted by atomic mass is 9.98. The highest BCUT2D eigenvalue weighted by Crippen LogP contribution is 2.47. The second-order valence-electron chi connectivity index (χ2n) is 13.8. The molecular weight excluding hydrogens is 703 g/mol. The van der Waals surface area contributed by atoms with Gasteiger partial charge in [-0.05, 0) is 29.8 Å². The SMILES string of the molecule is c1ccc(-c2cnc(-c3cccc4c3sc3c4ccc4c5ccccc5n(-c5ccccc5)c43)c(-c3nc(-c4ccccc4)nc(-c4ccccc4)n3)c2)cc1. The van der Waals surface area contributed by atoms with Crippen molar-refractivity contribution in [3.05, 3.63) is 188 Å². The Kier molecular flexibility index (Phi) is 7.60. The third-order valence-corrected chi connectivity index (χ3v) is 11.8. The molecule has 0 unspecified atom stereocenters. The van der Waals surface area contributed by atoms with Crippen LogP contribution in [0, 0.1) is 0 Å². The van der Waals surface area contributed by atoms with Gasteiger partial charge in [-0.1, -0.05) is 158 Å². The van der Waals surface area contributed by atoms with Crippen LogP contribution < -0.4 is 0 Å². The Balaban J connectivity index is 1.20. The molecule has 0 N–H and O–H groups in total. The monoisotopic (exact) mass is 733 g/mol. The van der Waals surface area contributed by atoms with E-state index >= 15 is 0 Å². The molecule has 0 spiro atoms. The number of nitrogens with zero attached hydrogens (tertiary/aromatic N) is 5. The molecule has 0 saturated carbocycles. The summed E-state index contributed by atoms with van der Waals surface area (Å²) in [6, 6.07) is 63.3.